The normalized spacial score (nSPS) is 50.1. The zero-order valence-electron chi connectivity index (χ0n) is 41.8. The van der Waals surface area contributed by atoms with Gasteiger partial charge in [0.05, 0.1) is 31.3 Å². The molecule has 8 rings (SSSR count). The van der Waals surface area contributed by atoms with Crippen LogP contribution >= 0.6 is 0 Å². The lowest BCUT2D eigenvalue weighted by Gasteiger charge is -2.71. The largest absolute Gasteiger partial charge is 0.464 e. The van der Waals surface area contributed by atoms with E-state index in [1.807, 2.05) is 6.92 Å². The summed E-state index contributed by atoms with van der Waals surface area (Å²) in [7, 11) is 0. The van der Waals surface area contributed by atoms with Crippen LogP contribution in [0, 0.1) is 50.2 Å². The zero-order valence-corrected chi connectivity index (χ0v) is 41.8. The molecule has 18 nitrogen and oxygen atoms in total. The molecule has 5 aliphatic carbocycles. The first kappa shape index (κ1) is 53.4. The summed E-state index contributed by atoms with van der Waals surface area (Å²) in [6.45, 7) is 16.9. The maximum absolute atomic E-state index is 14.7. The average Bonchev–Trinajstić information content (AvgIpc) is 3.57. The molecule has 69 heavy (non-hydrogen) atoms. The van der Waals surface area contributed by atoms with Crippen molar-refractivity contribution in [2.24, 2.45) is 50.2 Å². The molecular weight excluding hydrogens is 901 g/mol. The van der Waals surface area contributed by atoms with Gasteiger partial charge in [-0.2, -0.15) is 0 Å². The van der Waals surface area contributed by atoms with E-state index in [0.717, 1.165) is 51.4 Å². The molecule has 3 aliphatic heterocycles. The first-order chi connectivity index (χ1) is 32.4. The van der Waals surface area contributed by atoms with Crippen LogP contribution in [0.3, 0.4) is 0 Å². The third-order valence-corrected chi connectivity index (χ3v) is 19.7. The Kier molecular flexibility index (Phi) is 15.0. The van der Waals surface area contributed by atoms with Crippen molar-refractivity contribution in [1.29, 1.82) is 0 Å². The minimum atomic E-state index is -1.76. The molecule has 394 valence electrons. The van der Waals surface area contributed by atoms with Crippen LogP contribution in [-0.4, -0.2) is 170 Å². The Labute approximate surface area is 406 Å². The molecule has 18 heteroatoms. The van der Waals surface area contributed by atoms with Crippen LogP contribution in [-0.2, 0) is 42.7 Å². The van der Waals surface area contributed by atoms with Crippen molar-refractivity contribution < 1.29 is 88.7 Å². The number of hydrogen-bond acceptors (Lipinski definition) is 18. The number of carbonyl (C=O) groups excluding carboxylic acids is 2. The minimum absolute atomic E-state index is 0.0597. The predicted octanol–water partition coefficient (Wildman–Crippen LogP) is 2.13. The fourth-order valence-corrected chi connectivity index (χ4v) is 15.2. The standard InChI is InChI=1S/C51H82O18/c1-9-10-21-63-41(61)40-39(67-42-36(58)33(55)28(24-53)64-42)35(57)38(60)44(68-40)66-31-14-15-48(6)29(47(31,4)5)13-16-50(8)30(48)12-11-25-26-22-46(2,3)17-19-51(26,20-18-49(25,50)7)45(62)69-43-37(59)34(56)32(54)27(23-52)65-43/h11,26-40,42-44,52-60H,9-10,12-24H2,1-8H3/t26-,27+,28-,29-,30+,31-,32+,33-,34-,35+,36+,37+,38+,39-,40-,42-,43-,44+,48-,49+,50+,51-/m0/s1. The molecule has 0 aromatic heterocycles. The summed E-state index contributed by atoms with van der Waals surface area (Å²) in [5, 5.41) is 95.5. The van der Waals surface area contributed by atoms with Crippen molar-refractivity contribution in [3.63, 3.8) is 0 Å². The third-order valence-electron chi connectivity index (χ3n) is 19.7. The van der Waals surface area contributed by atoms with Crippen LogP contribution in [0.5, 0.6) is 0 Å². The summed E-state index contributed by atoms with van der Waals surface area (Å²) in [6, 6.07) is 0. The number of fused-ring (bicyclic) bond motifs is 7. The van der Waals surface area contributed by atoms with Gasteiger partial charge in [0.1, 0.15) is 61.0 Å². The summed E-state index contributed by atoms with van der Waals surface area (Å²) < 4.78 is 41.5. The van der Waals surface area contributed by atoms with Gasteiger partial charge in [-0.1, -0.05) is 73.5 Å². The number of carbonyl (C=O) groups is 2. The van der Waals surface area contributed by atoms with Crippen LogP contribution < -0.4 is 0 Å². The van der Waals surface area contributed by atoms with E-state index in [1.54, 1.807) is 0 Å². The smallest absolute Gasteiger partial charge is 0.338 e. The minimum Gasteiger partial charge on any atom is -0.464 e. The highest BCUT2D eigenvalue weighted by atomic mass is 16.8. The maximum Gasteiger partial charge on any atom is 0.338 e. The van der Waals surface area contributed by atoms with Crippen molar-refractivity contribution in [2.75, 3.05) is 19.8 Å². The summed E-state index contributed by atoms with van der Waals surface area (Å²) in [5.41, 5.74) is -0.714. The highest BCUT2D eigenvalue weighted by Gasteiger charge is 2.70. The Morgan fingerprint density at radius 3 is 1.96 bits per heavy atom. The lowest BCUT2D eigenvalue weighted by atomic mass is 9.33. The summed E-state index contributed by atoms with van der Waals surface area (Å²) in [6.07, 6.45) is -10.9. The predicted molar refractivity (Wildman–Crippen MR) is 243 cm³/mol. The van der Waals surface area contributed by atoms with Crippen molar-refractivity contribution in [2.45, 2.75) is 225 Å². The molecule has 0 bridgehead atoms. The Morgan fingerprint density at radius 1 is 0.681 bits per heavy atom. The Hall–Kier alpha value is -1.88. The van der Waals surface area contributed by atoms with Gasteiger partial charge in [-0.3, -0.25) is 4.79 Å². The second kappa shape index (κ2) is 19.4. The zero-order chi connectivity index (χ0) is 50.4. The molecule has 9 N–H and O–H groups in total. The van der Waals surface area contributed by atoms with Crippen molar-refractivity contribution in [3.05, 3.63) is 11.6 Å². The molecule has 8 aliphatic rings. The molecule has 3 heterocycles. The molecule has 4 saturated carbocycles. The monoisotopic (exact) mass is 983 g/mol. The number of ether oxygens (including phenoxy) is 7. The van der Waals surface area contributed by atoms with Gasteiger partial charge in [0.25, 0.3) is 0 Å². The fourth-order valence-electron chi connectivity index (χ4n) is 15.2. The second-order valence-corrected chi connectivity index (χ2v) is 24.2. The van der Waals surface area contributed by atoms with E-state index in [1.165, 1.54) is 5.57 Å². The molecule has 0 unspecified atom stereocenters. The number of rotatable bonds is 12. The Balaban J connectivity index is 1.02. The maximum atomic E-state index is 14.7. The van der Waals surface area contributed by atoms with Gasteiger partial charge in [0.2, 0.25) is 6.29 Å². The van der Waals surface area contributed by atoms with E-state index in [4.69, 9.17) is 33.2 Å². The van der Waals surface area contributed by atoms with Crippen molar-refractivity contribution in [3.8, 4) is 0 Å². The number of aliphatic hydroxyl groups excluding tert-OH is 9. The van der Waals surface area contributed by atoms with Crippen LogP contribution in [0.1, 0.15) is 132 Å². The Morgan fingerprint density at radius 2 is 1.29 bits per heavy atom. The van der Waals surface area contributed by atoms with Gasteiger partial charge < -0.3 is 79.1 Å². The van der Waals surface area contributed by atoms with E-state index in [0.29, 0.717) is 25.7 Å². The Bertz CT molecular complexity index is 1890. The molecule has 7 fully saturated rings. The number of hydrogen-bond donors (Lipinski definition) is 9. The molecule has 3 saturated heterocycles. The second-order valence-electron chi connectivity index (χ2n) is 24.2. The van der Waals surface area contributed by atoms with E-state index in [2.05, 4.69) is 54.5 Å². The first-order valence-corrected chi connectivity index (χ1v) is 25.7. The topological polar surface area (TPSA) is 281 Å². The molecule has 0 spiro atoms. The van der Waals surface area contributed by atoms with Gasteiger partial charge in [-0.25, -0.2) is 4.79 Å². The quantitative estimate of drug-likeness (QED) is 0.0586. The first-order valence-electron chi connectivity index (χ1n) is 25.7. The van der Waals surface area contributed by atoms with Gasteiger partial charge in [-0.05, 0) is 115 Å². The van der Waals surface area contributed by atoms with Crippen molar-refractivity contribution >= 4 is 11.9 Å². The highest BCUT2D eigenvalue weighted by molar-refractivity contribution is 5.79. The number of allylic oxidation sites excluding steroid dienone is 2. The number of esters is 2. The summed E-state index contributed by atoms with van der Waals surface area (Å²) >= 11 is 0. The summed E-state index contributed by atoms with van der Waals surface area (Å²) in [5.74, 6) is -1.07. The molecule has 22 atom stereocenters. The van der Waals surface area contributed by atoms with Gasteiger partial charge in [0, 0.05) is 0 Å². The molecule has 0 amide bonds. The molecular formula is C51H82O18. The highest BCUT2D eigenvalue weighted by Crippen LogP contribution is 2.76. The van der Waals surface area contributed by atoms with Gasteiger partial charge in [-0.15, -0.1) is 0 Å². The molecule has 0 aromatic rings. The van der Waals surface area contributed by atoms with Crippen LogP contribution in [0.15, 0.2) is 11.6 Å². The van der Waals surface area contributed by atoms with E-state index in [9.17, 15) is 55.5 Å². The third kappa shape index (κ3) is 8.76. The number of unbranched alkanes of at least 4 members (excludes halogenated alkanes) is 1. The molecule has 0 radical (unpaired) electrons. The van der Waals surface area contributed by atoms with Gasteiger partial charge >= 0.3 is 11.9 Å². The fraction of sp³-hybridized carbons (Fsp3) is 0.922. The SMILES string of the molecule is CCCCOC(=O)[C@H]1O[C@@H](O[C@H]2CC[C@]3(C)[C@H]4CC=C5[C@@H]6CC(C)(C)CC[C@]6(C(=O)O[C@@H]6O[C@H](CO)[C@@H](O)[C@H](O)[C@H]6O)CC[C@@]5(C)[C@]4(C)CC[C@H]3C2(C)C)[C@H](O)[C@@H](O)[C@@H]1O[C@@H]1O[C@@H](CO)[C@H](O)[C@H]1O. The van der Waals surface area contributed by atoms with Crippen LogP contribution in [0.25, 0.3) is 0 Å². The summed E-state index contributed by atoms with van der Waals surface area (Å²) in [4.78, 5) is 28.3. The van der Waals surface area contributed by atoms with E-state index >= 15 is 0 Å². The number of aliphatic hydroxyl groups is 9. The van der Waals surface area contributed by atoms with E-state index in [-0.39, 0.29) is 46.0 Å². The lowest BCUT2D eigenvalue weighted by Crippen LogP contribution is -2.66. The van der Waals surface area contributed by atoms with Crippen molar-refractivity contribution in [1.82, 2.24) is 0 Å². The van der Waals surface area contributed by atoms with Gasteiger partial charge in [0.15, 0.2) is 18.7 Å². The lowest BCUT2D eigenvalue weighted by molar-refractivity contribution is -0.342. The molecule has 0 aromatic carbocycles. The van der Waals surface area contributed by atoms with Crippen LogP contribution in [0.2, 0.25) is 0 Å². The average molecular weight is 983 g/mol. The van der Waals surface area contributed by atoms with E-state index < -0.39 is 128 Å². The van der Waals surface area contributed by atoms with Crippen LogP contribution in [0.4, 0.5) is 0 Å².